The second-order valence-corrected chi connectivity index (χ2v) is 3.97. The van der Waals surface area contributed by atoms with Crippen molar-refractivity contribution in [2.75, 3.05) is 13.1 Å². The Morgan fingerprint density at radius 2 is 2.25 bits per heavy atom. The van der Waals surface area contributed by atoms with Crippen LogP contribution in [0.25, 0.3) is 0 Å². The van der Waals surface area contributed by atoms with E-state index in [4.69, 9.17) is 0 Å². The zero-order valence-electron chi connectivity index (χ0n) is 7.47. The van der Waals surface area contributed by atoms with E-state index in [1.165, 1.54) is 12.8 Å². The van der Waals surface area contributed by atoms with E-state index < -0.39 is 0 Å². The Morgan fingerprint density at radius 3 is 3.00 bits per heavy atom. The first-order valence-corrected chi connectivity index (χ1v) is 4.75. The van der Waals surface area contributed by atoms with Crippen LogP contribution in [0.5, 0.6) is 0 Å². The van der Waals surface area contributed by atoms with Crippen LogP contribution in [0.15, 0.2) is 0 Å². The molecule has 1 heterocycles. The van der Waals surface area contributed by atoms with Crippen molar-refractivity contribution in [1.29, 1.82) is 0 Å². The molecular weight excluding hydrogens is 152 g/mol. The molecule has 2 fully saturated rings. The number of carbonyl (C=O) groups excluding carboxylic acids is 1. The first-order valence-electron chi connectivity index (χ1n) is 4.75. The van der Waals surface area contributed by atoms with Crippen LogP contribution < -0.4 is 10.6 Å². The lowest BCUT2D eigenvalue weighted by molar-refractivity contribution is -0.119. The summed E-state index contributed by atoms with van der Waals surface area (Å²) in [7, 11) is 0. The lowest BCUT2D eigenvalue weighted by atomic mass is 9.98. The fourth-order valence-electron chi connectivity index (χ4n) is 2.59. The van der Waals surface area contributed by atoms with E-state index in [1.807, 2.05) is 0 Å². The Hall–Kier alpha value is -0.570. The second-order valence-electron chi connectivity index (χ2n) is 3.97. The molecule has 2 aliphatic rings. The fraction of sp³-hybridized carbons (Fsp3) is 0.889. The molecule has 3 nitrogen and oxygen atoms in total. The fourth-order valence-corrected chi connectivity index (χ4v) is 2.59. The van der Waals surface area contributed by atoms with Crippen molar-refractivity contribution in [3.05, 3.63) is 0 Å². The van der Waals surface area contributed by atoms with E-state index in [1.54, 1.807) is 6.92 Å². The monoisotopic (exact) mass is 168 g/mol. The van der Waals surface area contributed by atoms with Gasteiger partial charge in [0.2, 0.25) is 5.91 Å². The van der Waals surface area contributed by atoms with Crippen LogP contribution >= 0.6 is 0 Å². The van der Waals surface area contributed by atoms with Crippen LogP contribution in [-0.4, -0.2) is 25.0 Å². The summed E-state index contributed by atoms with van der Waals surface area (Å²) in [5.74, 6) is 1.64. The van der Waals surface area contributed by atoms with Gasteiger partial charge in [0, 0.05) is 19.5 Å². The van der Waals surface area contributed by atoms with Crippen molar-refractivity contribution < 1.29 is 4.79 Å². The van der Waals surface area contributed by atoms with Gasteiger partial charge in [0.05, 0.1) is 0 Å². The van der Waals surface area contributed by atoms with Crippen molar-refractivity contribution in [2.45, 2.75) is 25.8 Å². The van der Waals surface area contributed by atoms with Gasteiger partial charge in [-0.15, -0.1) is 0 Å². The molecule has 1 aliphatic carbocycles. The minimum Gasteiger partial charge on any atom is -0.353 e. The zero-order chi connectivity index (χ0) is 8.55. The molecule has 3 atom stereocenters. The topological polar surface area (TPSA) is 41.1 Å². The van der Waals surface area contributed by atoms with Gasteiger partial charge >= 0.3 is 0 Å². The van der Waals surface area contributed by atoms with E-state index in [0.29, 0.717) is 12.0 Å². The highest BCUT2D eigenvalue weighted by atomic mass is 16.1. The minimum atomic E-state index is 0.118. The van der Waals surface area contributed by atoms with Crippen LogP contribution in [0, 0.1) is 11.8 Å². The van der Waals surface area contributed by atoms with E-state index >= 15 is 0 Å². The third-order valence-electron chi connectivity index (χ3n) is 3.15. The molecular formula is C9H16N2O. The van der Waals surface area contributed by atoms with Crippen LogP contribution in [-0.2, 0) is 4.79 Å². The average molecular weight is 168 g/mol. The lowest BCUT2D eigenvalue weighted by Crippen LogP contribution is -2.37. The average Bonchev–Trinajstić information content (AvgIpc) is 2.52. The SMILES string of the molecule is CC(=O)N[C@@H]1CC[C@@H]2CNC[C@@H]21. The zero-order valence-corrected chi connectivity index (χ0v) is 7.47. The number of carbonyl (C=O) groups is 1. The first-order chi connectivity index (χ1) is 5.77. The lowest BCUT2D eigenvalue weighted by Gasteiger charge is -2.18. The summed E-state index contributed by atoms with van der Waals surface area (Å²) >= 11 is 0. The summed E-state index contributed by atoms with van der Waals surface area (Å²) in [5, 5.41) is 6.41. The quantitative estimate of drug-likeness (QED) is 0.584. The summed E-state index contributed by atoms with van der Waals surface area (Å²) in [6.45, 7) is 3.85. The number of nitrogens with one attached hydrogen (secondary N) is 2. The van der Waals surface area contributed by atoms with Crippen LogP contribution in [0.4, 0.5) is 0 Å². The standard InChI is InChI=1S/C9H16N2O/c1-6(12)11-9-3-2-7-4-10-5-8(7)9/h7-10H,2-5H2,1H3,(H,11,12)/t7-,8+,9-/m1/s1. The number of amides is 1. The van der Waals surface area contributed by atoms with Gasteiger partial charge in [-0.2, -0.15) is 0 Å². The number of hydrogen-bond donors (Lipinski definition) is 2. The van der Waals surface area contributed by atoms with E-state index in [0.717, 1.165) is 19.0 Å². The molecule has 1 saturated heterocycles. The Balaban J connectivity index is 1.95. The minimum absolute atomic E-state index is 0.118. The van der Waals surface area contributed by atoms with Gasteiger partial charge < -0.3 is 10.6 Å². The second kappa shape index (κ2) is 3.05. The van der Waals surface area contributed by atoms with Gasteiger partial charge in [-0.05, 0) is 31.2 Å². The molecule has 2 rings (SSSR count). The third kappa shape index (κ3) is 1.33. The van der Waals surface area contributed by atoms with Crippen LogP contribution in [0.2, 0.25) is 0 Å². The predicted octanol–water partition coefficient (Wildman–Crippen LogP) is 0.121. The molecule has 1 aliphatic heterocycles. The van der Waals surface area contributed by atoms with Crippen molar-refractivity contribution in [3.63, 3.8) is 0 Å². The molecule has 0 bridgehead atoms. The summed E-state index contributed by atoms with van der Waals surface area (Å²) in [6.07, 6.45) is 2.46. The molecule has 0 aromatic rings. The number of rotatable bonds is 1. The Bertz CT molecular complexity index is 193. The van der Waals surface area contributed by atoms with Crippen molar-refractivity contribution >= 4 is 5.91 Å². The Labute approximate surface area is 72.9 Å². The van der Waals surface area contributed by atoms with Gasteiger partial charge in [-0.3, -0.25) is 4.79 Å². The normalized spacial score (nSPS) is 39.6. The molecule has 1 saturated carbocycles. The molecule has 0 aromatic carbocycles. The molecule has 12 heavy (non-hydrogen) atoms. The van der Waals surface area contributed by atoms with E-state index in [-0.39, 0.29) is 5.91 Å². The van der Waals surface area contributed by atoms with Crippen molar-refractivity contribution in [2.24, 2.45) is 11.8 Å². The summed E-state index contributed by atoms with van der Waals surface area (Å²) in [6, 6.07) is 0.447. The maximum absolute atomic E-state index is 10.9. The molecule has 68 valence electrons. The van der Waals surface area contributed by atoms with Gasteiger partial charge in [-0.25, -0.2) is 0 Å². The predicted molar refractivity (Wildman–Crippen MR) is 46.7 cm³/mol. The molecule has 1 amide bonds. The molecule has 0 spiro atoms. The first kappa shape index (κ1) is 8.05. The third-order valence-corrected chi connectivity index (χ3v) is 3.15. The van der Waals surface area contributed by atoms with Gasteiger partial charge in [0.25, 0.3) is 0 Å². The molecule has 3 heteroatoms. The van der Waals surface area contributed by atoms with Crippen molar-refractivity contribution in [3.8, 4) is 0 Å². The molecule has 0 aromatic heterocycles. The summed E-state index contributed by atoms with van der Waals surface area (Å²) in [5.41, 5.74) is 0. The number of hydrogen-bond acceptors (Lipinski definition) is 2. The highest BCUT2D eigenvalue weighted by Crippen LogP contribution is 2.34. The van der Waals surface area contributed by atoms with Crippen LogP contribution in [0.3, 0.4) is 0 Å². The Kier molecular flexibility index (Phi) is 2.05. The van der Waals surface area contributed by atoms with E-state index in [2.05, 4.69) is 10.6 Å². The summed E-state index contributed by atoms with van der Waals surface area (Å²) < 4.78 is 0. The highest BCUT2D eigenvalue weighted by Gasteiger charge is 2.39. The number of fused-ring (bicyclic) bond motifs is 1. The largest absolute Gasteiger partial charge is 0.353 e. The molecule has 2 N–H and O–H groups in total. The van der Waals surface area contributed by atoms with E-state index in [9.17, 15) is 4.79 Å². The highest BCUT2D eigenvalue weighted by molar-refractivity contribution is 5.73. The van der Waals surface area contributed by atoms with Gasteiger partial charge in [-0.1, -0.05) is 0 Å². The Morgan fingerprint density at radius 1 is 1.42 bits per heavy atom. The molecule has 0 unspecified atom stereocenters. The van der Waals surface area contributed by atoms with Crippen molar-refractivity contribution in [1.82, 2.24) is 10.6 Å². The molecule has 0 radical (unpaired) electrons. The maximum Gasteiger partial charge on any atom is 0.217 e. The smallest absolute Gasteiger partial charge is 0.217 e. The van der Waals surface area contributed by atoms with Gasteiger partial charge in [0.15, 0.2) is 0 Å². The maximum atomic E-state index is 10.9. The summed E-state index contributed by atoms with van der Waals surface area (Å²) in [4.78, 5) is 10.9. The van der Waals surface area contributed by atoms with Crippen LogP contribution in [0.1, 0.15) is 19.8 Å². The van der Waals surface area contributed by atoms with Gasteiger partial charge in [0.1, 0.15) is 0 Å².